The second-order valence-electron chi connectivity index (χ2n) is 5.34. The van der Waals surface area contributed by atoms with Crippen LogP contribution in [0.3, 0.4) is 0 Å². The number of likely N-dealkylation sites (tertiary alicyclic amines) is 1. The van der Waals surface area contributed by atoms with Crippen molar-refractivity contribution in [2.24, 2.45) is 23.5 Å². The summed E-state index contributed by atoms with van der Waals surface area (Å²) in [5.41, 5.74) is 5.66. The minimum atomic E-state index is -0.397. The van der Waals surface area contributed by atoms with Crippen LogP contribution in [0.25, 0.3) is 0 Å². The van der Waals surface area contributed by atoms with E-state index in [0.717, 1.165) is 0 Å². The van der Waals surface area contributed by atoms with Crippen LogP contribution in [0, 0.1) is 17.8 Å². The largest absolute Gasteiger partial charge is 0.393 e. The van der Waals surface area contributed by atoms with Crippen LogP contribution in [0.1, 0.15) is 26.7 Å². The maximum Gasteiger partial charge on any atom is 0.232 e. The molecule has 1 unspecified atom stereocenters. The van der Waals surface area contributed by atoms with E-state index in [1.54, 1.807) is 11.9 Å². The quantitative estimate of drug-likeness (QED) is 0.739. The fourth-order valence-corrected chi connectivity index (χ4v) is 2.87. The number of carbonyl (C=O) groups is 2. The van der Waals surface area contributed by atoms with E-state index in [0.29, 0.717) is 25.9 Å². The van der Waals surface area contributed by atoms with Gasteiger partial charge < -0.3 is 16.0 Å². The molecular formula is C13H23N3O2S. The van der Waals surface area contributed by atoms with Gasteiger partial charge in [0.05, 0.1) is 10.9 Å². The number of piperidine rings is 1. The summed E-state index contributed by atoms with van der Waals surface area (Å²) in [6.07, 6.45) is 1.40. The highest BCUT2D eigenvalue weighted by Crippen LogP contribution is 2.21. The van der Waals surface area contributed by atoms with Gasteiger partial charge in [-0.1, -0.05) is 26.1 Å². The van der Waals surface area contributed by atoms with E-state index in [9.17, 15) is 9.59 Å². The van der Waals surface area contributed by atoms with E-state index >= 15 is 0 Å². The SMILES string of the molecule is CNC(=O)C1CCN(C(=O)C(C(N)=S)C(C)C)CC1. The van der Waals surface area contributed by atoms with Crippen molar-refractivity contribution in [1.82, 2.24) is 10.2 Å². The molecule has 1 heterocycles. The highest BCUT2D eigenvalue weighted by Gasteiger charge is 2.33. The Balaban J connectivity index is 2.62. The normalized spacial score (nSPS) is 18.2. The number of nitrogens with one attached hydrogen (secondary N) is 1. The van der Waals surface area contributed by atoms with Crippen LogP contribution in [-0.4, -0.2) is 41.8 Å². The van der Waals surface area contributed by atoms with Gasteiger partial charge in [-0.3, -0.25) is 9.59 Å². The van der Waals surface area contributed by atoms with Gasteiger partial charge in [0, 0.05) is 26.1 Å². The summed E-state index contributed by atoms with van der Waals surface area (Å²) in [7, 11) is 1.64. The van der Waals surface area contributed by atoms with Gasteiger partial charge in [0.15, 0.2) is 0 Å². The van der Waals surface area contributed by atoms with Crippen molar-refractivity contribution in [3.05, 3.63) is 0 Å². The predicted octanol–water partition coefficient (Wildman–Crippen LogP) is 0.529. The van der Waals surface area contributed by atoms with Gasteiger partial charge in [0.2, 0.25) is 11.8 Å². The molecule has 0 radical (unpaired) electrons. The van der Waals surface area contributed by atoms with E-state index in [-0.39, 0.29) is 28.6 Å². The molecule has 3 N–H and O–H groups in total. The number of nitrogens with zero attached hydrogens (tertiary/aromatic N) is 1. The number of carbonyl (C=O) groups excluding carboxylic acids is 2. The zero-order valence-corrected chi connectivity index (χ0v) is 12.6. The van der Waals surface area contributed by atoms with Crippen molar-refractivity contribution in [3.8, 4) is 0 Å². The lowest BCUT2D eigenvalue weighted by atomic mass is 9.91. The fourth-order valence-electron chi connectivity index (χ4n) is 2.50. The number of hydrogen-bond donors (Lipinski definition) is 2. The molecule has 1 aliphatic rings. The first-order chi connectivity index (χ1) is 8.88. The Kier molecular flexibility index (Phi) is 5.72. The van der Waals surface area contributed by atoms with E-state index in [1.807, 2.05) is 13.8 Å². The Morgan fingerprint density at radius 3 is 2.21 bits per heavy atom. The van der Waals surface area contributed by atoms with Crippen molar-refractivity contribution < 1.29 is 9.59 Å². The topological polar surface area (TPSA) is 75.4 Å². The highest BCUT2D eigenvalue weighted by atomic mass is 32.1. The second-order valence-corrected chi connectivity index (χ2v) is 5.81. The van der Waals surface area contributed by atoms with Gasteiger partial charge in [-0.25, -0.2) is 0 Å². The summed E-state index contributed by atoms with van der Waals surface area (Å²) in [6, 6.07) is 0. The average molecular weight is 285 g/mol. The maximum atomic E-state index is 12.4. The molecule has 1 aliphatic heterocycles. The lowest BCUT2D eigenvalue weighted by Gasteiger charge is -2.34. The van der Waals surface area contributed by atoms with Gasteiger partial charge in [0.25, 0.3) is 0 Å². The number of hydrogen-bond acceptors (Lipinski definition) is 3. The summed E-state index contributed by atoms with van der Waals surface area (Å²) >= 11 is 4.99. The van der Waals surface area contributed by atoms with E-state index in [2.05, 4.69) is 5.32 Å². The summed E-state index contributed by atoms with van der Waals surface area (Å²) in [5, 5.41) is 2.65. The smallest absolute Gasteiger partial charge is 0.232 e. The number of nitrogens with two attached hydrogens (primary N) is 1. The minimum Gasteiger partial charge on any atom is -0.393 e. The van der Waals surface area contributed by atoms with Gasteiger partial charge in [-0.15, -0.1) is 0 Å². The molecule has 6 heteroatoms. The number of amides is 2. The molecule has 1 fully saturated rings. The first-order valence-corrected chi connectivity index (χ1v) is 7.09. The van der Waals surface area contributed by atoms with E-state index < -0.39 is 5.92 Å². The highest BCUT2D eigenvalue weighted by molar-refractivity contribution is 7.80. The van der Waals surface area contributed by atoms with Crippen LogP contribution < -0.4 is 11.1 Å². The molecule has 0 aliphatic carbocycles. The molecule has 1 saturated heterocycles. The Labute approximate surface area is 119 Å². The van der Waals surface area contributed by atoms with Gasteiger partial charge >= 0.3 is 0 Å². The Bertz CT molecular complexity index is 363. The summed E-state index contributed by atoms with van der Waals surface area (Å²) < 4.78 is 0. The third-order valence-electron chi connectivity index (χ3n) is 3.66. The van der Waals surface area contributed by atoms with Crippen molar-refractivity contribution in [1.29, 1.82) is 0 Å². The number of thiocarbonyl (C=S) groups is 1. The molecule has 5 nitrogen and oxygen atoms in total. The Morgan fingerprint density at radius 1 is 1.32 bits per heavy atom. The lowest BCUT2D eigenvalue weighted by Crippen LogP contribution is -2.48. The van der Waals surface area contributed by atoms with Crippen molar-refractivity contribution in [2.45, 2.75) is 26.7 Å². The van der Waals surface area contributed by atoms with Crippen LogP contribution in [-0.2, 0) is 9.59 Å². The zero-order chi connectivity index (χ0) is 14.6. The summed E-state index contributed by atoms with van der Waals surface area (Å²) in [5.74, 6) is -0.232. The molecule has 19 heavy (non-hydrogen) atoms. The molecule has 0 aromatic heterocycles. The molecular weight excluding hydrogens is 262 g/mol. The van der Waals surface area contributed by atoms with Crippen molar-refractivity contribution in [2.75, 3.05) is 20.1 Å². The predicted molar refractivity (Wildman–Crippen MR) is 78.5 cm³/mol. The van der Waals surface area contributed by atoms with Crippen molar-refractivity contribution >= 4 is 29.0 Å². The maximum absolute atomic E-state index is 12.4. The molecule has 0 aromatic rings. The molecule has 108 valence electrons. The molecule has 1 rings (SSSR count). The molecule has 0 bridgehead atoms. The molecule has 2 amide bonds. The summed E-state index contributed by atoms with van der Waals surface area (Å²) in [6.45, 7) is 5.09. The summed E-state index contributed by atoms with van der Waals surface area (Å²) in [4.78, 5) is 26.0. The third-order valence-corrected chi connectivity index (χ3v) is 3.92. The monoisotopic (exact) mass is 285 g/mol. The number of rotatable bonds is 4. The molecule has 1 atom stereocenters. The van der Waals surface area contributed by atoms with Gasteiger partial charge in [-0.05, 0) is 18.8 Å². The van der Waals surface area contributed by atoms with Gasteiger partial charge in [-0.2, -0.15) is 0 Å². The average Bonchev–Trinajstić information content (AvgIpc) is 2.37. The van der Waals surface area contributed by atoms with Crippen LogP contribution in [0.15, 0.2) is 0 Å². The third kappa shape index (κ3) is 3.89. The van der Waals surface area contributed by atoms with E-state index in [4.69, 9.17) is 18.0 Å². The first kappa shape index (κ1) is 15.9. The van der Waals surface area contributed by atoms with E-state index in [1.165, 1.54) is 0 Å². The van der Waals surface area contributed by atoms with Crippen LogP contribution in [0.2, 0.25) is 0 Å². The first-order valence-electron chi connectivity index (χ1n) is 6.68. The second kappa shape index (κ2) is 6.84. The lowest BCUT2D eigenvalue weighted by molar-refractivity contribution is -0.138. The minimum absolute atomic E-state index is 0.00198. The van der Waals surface area contributed by atoms with Crippen LogP contribution in [0.5, 0.6) is 0 Å². The Morgan fingerprint density at radius 2 is 1.84 bits per heavy atom. The Hall–Kier alpha value is -1.17. The molecule has 0 saturated carbocycles. The fraction of sp³-hybridized carbons (Fsp3) is 0.769. The molecule has 0 spiro atoms. The van der Waals surface area contributed by atoms with Crippen LogP contribution in [0.4, 0.5) is 0 Å². The standard InChI is InChI=1S/C13H23N3O2S/c1-8(2)10(11(14)19)13(18)16-6-4-9(5-7-16)12(17)15-3/h8-10H,4-7H2,1-3H3,(H2,14,19)(H,15,17). The van der Waals surface area contributed by atoms with Crippen molar-refractivity contribution in [3.63, 3.8) is 0 Å². The molecule has 0 aromatic carbocycles. The van der Waals surface area contributed by atoms with Gasteiger partial charge in [0.1, 0.15) is 0 Å². The zero-order valence-electron chi connectivity index (χ0n) is 11.8. The van der Waals surface area contributed by atoms with Crippen LogP contribution >= 0.6 is 12.2 Å².